The first-order valence-electron chi connectivity index (χ1n) is 9.93. The van der Waals surface area contributed by atoms with Crippen molar-refractivity contribution in [2.45, 2.75) is 72.0 Å². The number of phenolic OH excluding ortho intramolecular Hbond substituents is 2. The lowest BCUT2D eigenvalue weighted by molar-refractivity contribution is 0.406. The highest BCUT2D eigenvalue weighted by atomic mass is 16.3. The number of hydrogen-bond donors (Lipinski definition) is 2. The lowest BCUT2D eigenvalue weighted by Gasteiger charge is -2.31. The van der Waals surface area contributed by atoms with Gasteiger partial charge in [0.25, 0.3) is 0 Å². The van der Waals surface area contributed by atoms with Gasteiger partial charge in [-0.2, -0.15) is 0 Å². The molecule has 0 bridgehead atoms. The topological polar surface area (TPSA) is 40.5 Å². The summed E-state index contributed by atoms with van der Waals surface area (Å²) in [6, 6.07) is 3.66. The van der Waals surface area contributed by atoms with Gasteiger partial charge in [0.15, 0.2) is 0 Å². The second-order valence-electron chi connectivity index (χ2n) is 7.04. The standard InChI is InChI=1S/C21H30O2.CH3B/c1-5-6-7-8-16-12-19(22)21(20(23)13-16)18-11-15(4)9-10-17(18)14(2)3;1-2/h11-13,17-18,22-23H,2,5-10H2,1,3-4H3;1H3/t17-,18?;/m0./s1/i;1D. The fourth-order valence-corrected chi connectivity index (χ4v) is 3.65. The Kier molecular flexibility index (Phi) is 8.17. The van der Waals surface area contributed by atoms with Crippen molar-refractivity contribution in [1.29, 1.82) is 0 Å². The van der Waals surface area contributed by atoms with Gasteiger partial charge in [0.2, 0.25) is 0 Å². The Bertz CT molecular complexity index is 602. The number of hydrogen-bond acceptors (Lipinski definition) is 2. The molecule has 2 radical (unpaired) electrons. The molecule has 0 aromatic heterocycles. The molecule has 1 unspecified atom stereocenters. The summed E-state index contributed by atoms with van der Waals surface area (Å²) in [5.41, 5.74) is 4.11. The van der Waals surface area contributed by atoms with E-state index < -0.39 is 0 Å². The minimum atomic E-state index is 0. The zero-order valence-electron chi connectivity index (χ0n) is 17.0. The molecule has 0 aliphatic heterocycles. The van der Waals surface area contributed by atoms with E-state index in [2.05, 4.69) is 34.3 Å². The molecule has 1 aromatic rings. The van der Waals surface area contributed by atoms with Crippen LogP contribution in [0.5, 0.6) is 11.5 Å². The number of benzene rings is 1. The van der Waals surface area contributed by atoms with Crippen LogP contribution in [0.25, 0.3) is 0 Å². The number of phenols is 2. The van der Waals surface area contributed by atoms with E-state index in [1.165, 1.54) is 18.4 Å². The molecule has 0 saturated heterocycles. The van der Waals surface area contributed by atoms with Gasteiger partial charge in [0, 0.05) is 12.9 Å². The van der Waals surface area contributed by atoms with Gasteiger partial charge in [0.1, 0.15) is 11.5 Å². The predicted molar refractivity (Wildman–Crippen MR) is 109 cm³/mol. The Morgan fingerprint density at radius 1 is 1.32 bits per heavy atom. The molecule has 2 rings (SSSR count). The first kappa shape index (κ1) is 19.7. The monoisotopic (exact) mass is 341 g/mol. The molecule has 0 fully saturated rings. The van der Waals surface area contributed by atoms with Crippen molar-refractivity contribution in [3.05, 3.63) is 47.1 Å². The van der Waals surface area contributed by atoms with Crippen LogP contribution in [0.4, 0.5) is 0 Å². The smallest absolute Gasteiger partial charge is 0.123 e. The van der Waals surface area contributed by atoms with Crippen LogP contribution in [0, 0.1) is 5.92 Å². The molecule has 136 valence electrons. The number of aryl methyl sites for hydroxylation is 1. The first-order valence-corrected chi connectivity index (χ1v) is 9.22. The molecule has 0 saturated carbocycles. The number of allylic oxidation sites excluding steroid dienone is 3. The van der Waals surface area contributed by atoms with Crippen molar-refractivity contribution in [3.63, 3.8) is 0 Å². The second-order valence-corrected chi connectivity index (χ2v) is 7.04. The van der Waals surface area contributed by atoms with Gasteiger partial charge in [-0.1, -0.05) is 50.4 Å². The first-order chi connectivity index (χ1) is 12.3. The number of unbranched alkanes of at least 4 members (excludes halogenated alkanes) is 2. The Balaban J connectivity index is 0.00000105. The lowest BCUT2D eigenvalue weighted by atomic mass is 9.73. The van der Waals surface area contributed by atoms with Gasteiger partial charge >= 0.3 is 0 Å². The summed E-state index contributed by atoms with van der Waals surface area (Å²) in [7, 11) is 4.51. The average Bonchev–Trinajstić information content (AvgIpc) is 2.55. The van der Waals surface area contributed by atoms with Crippen LogP contribution >= 0.6 is 0 Å². The fraction of sp³-hybridized carbons (Fsp3) is 0.545. The fourth-order valence-electron chi connectivity index (χ4n) is 3.65. The van der Waals surface area contributed by atoms with Crippen molar-refractivity contribution in [1.82, 2.24) is 0 Å². The van der Waals surface area contributed by atoms with Crippen LogP contribution in [0.1, 0.15) is 71.3 Å². The van der Waals surface area contributed by atoms with E-state index in [1.54, 1.807) is 0 Å². The van der Waals surface area contributed by atoms with Crippen LogP contribution in [0.2, 0.25) is 6.80 Å². The largest absolute Gasteiger partial charge is 0.507 e. The van der Waals surface area contributed by atoms with E-state index >= 15 is 0 Å². The molecule has 1 aliphatic carbocycles. The Morgan fingerprint density at radius 2 is 1.92 bits per heavy atom. The van der Waals surface area contributed by atoms with Gasteiger partial charge in [-0.05, 0) is 63.1 Å². The maximum Gasteiger partial charge on any atom is 0.123 e. The molecular weight excluding hydrogens is 307 g/mol. The molecule has 0 spiro atoms. The normalized spacial score (nSPS) is 20.1. The van der Waals surface area contributed by atoms with Crippen LogP contribution in [0.15, 0.2) is 35.9 Å². The highest BCUT2D eigenvalue weighted by Crippen LogP contribution is 2.46. The van der Waals surface area contributed by atoms with Crippen LogP contribution in [-0.4, -0.2) is 18.1 Å². The molecule has 1 aliphatic rings. The maximum atomic E-state index is 10.5. The van der Waals surface area contributed by atoms with Crippen molar-refractivity contribution < 1.29 is 11.6 Å². The van der Waals surface area contributed by atoms with E-state index in [1.807, 2.05) is 19.1 Å². The quantitative estimate of drug-likeness (QED) is 0.376. The molecule has 3 heteroatoms. The summed E-state index contributed by atoms with van der Waals surface area (Å²) >= 11 is 0. The zero-order valence-corrected chi connectivity index (χ0v) is 16.0. The van der Waals surface area contributed by atoms with Gasteiger partial charge in [-0.25, -0.2) is 0 Å². The van der Waals surface area contributed by atoms with Gasteiger partial charge in [-0.3, -0.25) is 0 Å². The van der Waals surface area contributed by atoms with E-state index in [0.717, 1.165) is 36.8 Å². The van der Waals surface area contributed by atoms with E-state index in [-0.39, 0.29) is 30.1 Å². The zero-order chi connectivity index (χ0) is 19.7. The average molecular weight is 341 g/mol. The Morgan fingerprint density at radius 3 is 2.44 bits per heavy atom. The molecule has 2 N–H and O–H groups in total. The predicted octanol–water partition coefficient (Wildman–Crippen LogP) is 6.05. The van der Waals surface area contributed by atoms with E-state index in [9.17, 15) is 10.2 Å². The highest BCUT2D eigenvalue weighted by Gasteiger charge is 2.29. The Hall–Kier alpha value is -1.64. The summed E-state index contributed by atoms with van der Waals surface area (Å²) < 4.78 is 5.99. The summed E-state index contributed by atoms with van der Waals surface area (Å²) in [4.78, 5) is 0. The highest BCUT2D eigenvalue weighted by molar-refractivity contribution is 6.05. The number of rotatable bonds is 6. The maximum absolute atomic E-state index is 10.5. The SMILES string of the molecule is C=C(C)[C@@H]1CCC(C)=CC1c1c(O)cc(CCCCC)cc1O.[2H]C[B]. The van der Waals surface area contributed by atoms with Crippen molar-refractivity contribution in [3.8, 4) is 11.5 Å². The molecule has 0 heterocycles. The third-order valence-corrected chi connectivity index (χ3v) is 4.98. The summed E-state index contributed by atoms with van der Waals surface area (Å²) in [6.07, 6.45) is 8.61. The molecular formula is C22H33BO2. The van der Waals surface area contributed by atoms with Crippen molar-refractivity contribution in [2.24, 2.45) is 5.92 Å². The van der Waals surface area contributed by atoms with Crippen LogP contribution in [-0.2, 0) is 6.42 Å². The third-order valence-electron chi connectivity index (χ3n) is 4.98. The molecule has 0 amide bonds. The summed E-state index contributed by atoms with van der Waals surface area (Å²) in [6.45, 7) is 10.4. The van der Waals surface area contributed by atoms with Crippen molar-refractivity contribution >= 4 is 7.85 Å². The van der Waals surface area contributed by atoms with Crippen LogP contribution in [0.3, 0.4) is 0 Å². The van der Waals surface area contributed by atoms with Gasteiger partial charge in [0.05, 0.1) is 7.85 Å². The lowest BCUT2D eigenvalue weighted by Crippen LogP contribution is -2.17. The number of aromatic hydroxyl groups is 2. The molecule has 25 heavy (non-hydrogen) atoms. The minimum Gasteiger partial charge on any atom is -0.507 e. The second kappa shape index (κ2) is 10.4. The van der Waals surface area contributed by atoms with Gasteiger partial charge < -0.3 is 10.2 Å². The van der Waals surface area contributed by atoms with Gasteiger partial charge in [-0.15, -0.1) is 0 Å². The molecule has 2 nitrogen and oxygen atoms in total. The minimum absolute atomic E-state index is 0. The summed E-state index contributed by atoms with van der Waals surface area (Å²) in [5, 5.41) is 21.1. The molecule has 2 atom stereocenters. The van der Waals surface area contributed by atoms with E-state index in [0.29, 0.717) is 5.56 Å². The molecule has 1 aromatic carbocycles. The Labute approximate surface area is 156 Å². The van der Waals surface area contributed by atoms with Crippen LogP contribution < -0.4 is 0 Å². The summed E-state index contributed by atoms with van der Waals surface area (Å²) in [5.74, 6) is 0.741. The van der Waals surface area contributed by atoms with E-state index in [4.69, 9.17) is 1.37 Å². The van der Waals surface area contributed by atoms with Crippen molar-refractivity contribution in [2.75, 3.05) is 0 Å². The third kappa shape index (κ3) is 5.69.